The van der Waals surface area contributed by atoms with Crippen LogP contribution in [-0.2, 0) is 0 Å². The molecular formula is C19H28N2O3. The molecule has 0 saturated heterocycles. The number of hydrogen-bond donors (Lipinski definition) is 1. The Morgan fingerprint density at radius 3 is 2.29 bits per heavy atom. The van der Waals surface area contributed by atoms with Gasteiger partial charge in [0, 0.05) is 23.6 Å². The predicted octanol–water partition coefficient (Wildman–Crippen LogP) is 3.45. The van der Waals surface area contributed by atoms with Crippen LogP contribution in [0.25, 0.3) is 0 Å². The van der Waals surface area contributed by atoms with Crippen LogP contribution in [0.4, 0.5) is 0 Å². The zero-order valence-corrected chi connectivity index (χ0v) is 15.1. The smallest absolute Gasteiger partial charge is 0.166 e. The summed E-state index contributed by atoms with van der Waals surface area (Å²) in [6, 6.07) is 3.72. The van der Waals surface area contributed by atoms with Gasteiger partial charge < -0.3 is 14.8 Å². The van der Waals surface area contributed by atoms with Gasteiger partial charge in [-0.25, -0.2) is 0 Å². The predicted molar refractivity (Wildman–Crippen MR) is 96.6 cm³/mol. The molecule has 2 rings (SSSR count). The molecule has 24 heavy (non-hydrogen) atoms. The van der Waals surface area contributed by atoms with Crippen molar-refractivity contribution in [2.24, 2.45) is 10.9 Å². The first-order chi connectivity index (χ1) is 11.6. The summed E-state index contributed by atoms with van der Waals surface area (Å²) in [5.41, 5.74) is 1.45. The highest BCUT2D eigenvalue weighted by molar-refractivity contribution is 6.11. The molecular weight excluding hydrogens is 304 g/mol. The monoisotopic (exact) mass is 332 g/mol. The number of hydrogen-bond acceptors (Lipinski definition) is 5. The van der Waals surface area contributed by atoms with Crippen molar-refractivity contribution in [2.45, 2.75) is 40.5 Å². The van der Waals surface area contributed by atoms with E-state index in [-0.39, 0.29) is 11.7 Å². The van der Waals surface area contributed by atoms with Crippen LogP contribution in [0.3, 0.4) is 0 Å². The van der Waals surface area contributed by atoms with E-state index in [1.807, 2.05) is 26.0 Å². The zero-order valence-electron chi connectivity index (χ0n) is 15.1. The molecule has 0 atom stereocenters. The van der Waals surface area contributed by atoms with Crippen molar-refractivity contribution in [1.29, 1.82) is 0 Å². The van der Waals surface area contributed by atoms with E-state index >= 15 is 0 Å². The third kappa shape index (κ3) is 4.28. The molecule has 0 fully saturated rings. The van der Waals surface area contributed by atoms with Crippen molar-refractivity contribution < 1.29 is 14.3 Å². The lowest BCUT2D eigenvalue weighted by Crippen LogP contribution is -2.23. The van der Waals surface area contributed by atoms with E-state index in [4.69, 9.17) is 9.47 Å². The van der Waals surface area contributed by atoms with Crippen molar-refractivity contribution in [3.05, 3.63) is 23.3 Å². The summed E-state index contributed by atoms with van der Waals surface area (Å²) in [6.07, 6.45) is 1.81. The fourth-order valence-electron chi connectivity index (χ4n) is 2.50. The highest BCUT2D eigenvalue weighted by Crippen LogP contribution is 2.33. The summed E-state index contributed by atoms with van der Waals surface area (Å²) >= 11 is 0. The summed E-state index contributed by atoms with van der Waals surface area (Å²) in [5.74, 6) is 2.08. The van der Waals surface area contributed by atoms with Crippen molar-refractivity contribution in [3.8, 4) is 11.5 Å². The third-order valence-corrected chi connectivity index (χ3v) is 3.73. The van der Waals surface area contributed by atoms with Crippen LogP contribution in [0.5, 0.6) is 11.5 Å². The van der Waals surface area contributed by atoms with Gasteiger partial charge >= 0.3 is 0 Å². The number of carbonyl (C=O) groups excluding carboxylic acids is 1. The van der Waals surface area contributed by atoms with Crippen LogP contribution in [0, 0.1) is 5.92 Å². The first kappa shape index (κ1) is 18.3. The average Bonchev–Trinajstić information content (AvgIpc) is 3.11. The summed E-state index contributed by atoms with van der Waals surface area (Å²) in [5, 5.41) is 3.25. The van der Waals surface area contributed by atoms with Gasteiger partial charge in [0.15, 0.2) is 17.3 Å². The summed E-state index contributed by atoms with van der Waals surface area (Å²) in [4.78, 5) is 17.2. The maximum absolute atomic E-state index is 12.7. The van der Waals surface area contributed by atoms with Gasteiger partial charge in [-0.2, -0.15) is 0 Å². The van der Waals surface area contributed by atoms with Crippen LogP contribution < -0.4 is 14.8 Å². The molecule has 0 spiro atoms. The number of rotatable bonds is 9. The van der Waals surface area contributed by atoms with Crippen molar-refractivity contribution in [2.75, 3.05) is 26.3 Å². The molecule has 132 valence electrons. The zero-order chi connectivity index (χ0) is 17.5. The molecule has 1 aliphatic rings. The van der Waals surface area contributed by atoms with Crippen molar-refractivity contribution in [1.82, 2.24) is 5.32 Å². The Morgan fingerprint density at radius 2 is 1.79 bits per heavy atom. The number of Topliss-reactive ketones (excluding diaryl/α,β-unsaturated/α-hetero) is 1. The molecule has 5 heteroatoms. The Kier molecular flexibility index (Phi) is 6.64. The quantitative estimate of drug-likeness (QED) is 0.704. The molecule has 1 heterocycles. The van der Waals surface area contributed by atoms with Gasteiger partial charge in [-0.05, 0) is 25.0 Å². The normalized spacial score (nSPS) is 13.6. The standard InChI is InChI=1S/C19H28N2O3/c1-5-9-23-16-11-14(18(22)13(3)4)15(19-20-7-8-21-19)12-17(16)24-10-6-2/h11-13H,5-10H2,1-4H3,(H,20,21). The Hall–Kier alpha value is -2.04. The topological polar surface area (TPSA) is 59.9 Å². The lowest BCUT2D eigenvalue weighted by atomic mass is 9.95. The third-order valence-electron chi connectivity index (χ3n) is 3.73. The lowest BCUT2D eigenvalue weighted by Gasteiger charge is -2.18. The fraction of sp³-hybridized carbons (Fsp3) is 0.579. The maximum atomic E-state index is 12.7. The Labute approximate surface area is 144 Å². The summed E-state index contributed by atoms with van der Waals surface area (Å²) in [7, 11) is 0. The second-order valence-corrected chi connectivity index (χ2v) is 6.22. The molecule has 1 aromatic rings. The molecule has 0 saturated carbocycles. The minimum atomic E-state index is -0.0906. The van der Waals surface area contributed by atoms with Crippen LogP contribution in [0.15, 0.2) is 17.1 Å². The van der Waals surface area contributed by atoms with Gasteiger partial charge in [-0.3, -0.25) is 9.79 Å². The lowest BCUT2D eigenvalue weighted by molar-refractivity contribution is 0.0938. The largest absolute Gasteiger partial charge is 0.490 e. The molecule has 1 aliphatic heterocycles. The highest BCUT2D eigenvalue weighted by Gasteiger charge is 2.23. The average molecular weight is 332 g/mol. The van der Waals surface area contributed by atoms with Crippen molar-refractivity contribution >= 4 is 11.6 Å². The second kappa shape index (κ2) is 8.71. The first-order valence-electron chi connectivity index (χ1n) is 8.85. The molecule has 0 aromatic heterocycles. The number of aliphatic imine (C=N–C) groups is 1. The number of nitrogens with zero attached hydrogens (tertiary/aromatic N) is 1. The molecule has 0 bridgehead atoms. The molecule has 1 N–H and O–H groups in total. The molecule has 0 amide bonds. The second-order valence-electron chi connectivity index (χ2n) is 6.22. The molecule has 0 unspecified atom stereocenters. The van der Waals surface area contributed by atoms with E-state index in [2.05, 4.69) is 24.2 Å². The fourth-order valence-corrected chi connectivity index (χ4v) is 2.50. The Balaban J connectivity index is 2.50. The molecule has 0 radical (unpaired) electrons. The van der Waals surface area contributed by atoms with E-state index in [1.54, 1.807) is 0 Å². The maximum Gasteiger partial charge on any atom is 0.166 e. The van der Waals surface area contributed by atoms with Gasteiger partial charge in [-0.1, -0.05) is 27.7 Å². The summed E-state index contributed by atoms with van der Waals surface area (Å²) < 4.78 is 11.7. The van der Waals surface area contributed by atoms with E-state index in [1.165, 1.54) is 0 Å². The van der Waals surface area contributed by atoms with Gasteiger partial charge in [0.1, 0.15) is 5.84 Å². The molecule has 1 aromatic carbocycles. The van der Waals surface area contributed by atoms with Crippen LogP contribution in [0.1, 0.15) is 56.5 Å². The number of ether oxygens (including phenoxy) is 2. The van der Waals surface area contributed by atoms with Gasteiger partial charge in [-0.15, -0.1) is 0 Å². The van der Waals surface area contributed by atoms with Crippen LogP contribution in [0.2, 0.25) is 0 Å². The van der Waals surface area contributed by atoms with E-state index < -0.39 is 0 Å². The molecule has 0 aliphatic carbocycles. The Morgan fingerprint density at radius 1 is 1.17 bits per heavy atom. The van der Waals surface area contributed by atoms with Crippen LogP contribution in [-0.4, -0.2) is 37.9 Å². The summed E-state index contributed by atoms with van der Waals surface area (Å²) in [6.45, 7) is 10.7. The highest BCUT2D eigenvalue weighted by atomic mass is 16.5. The first-order valence-corrected chi connectivity index (χ1v) is 8.85. The van der Waals surface area contributed by atoms with E-state index in [9.17, 15) is 4.79 Å². The number of amidine groups is 1. The van der Waals surface area contributed by atoms with Gasteiger partial charge in [0.05, 0.1) is 19.8 Å². The van der Waals surface area contributed by atoms with Gasteiger partial charge in [0.2, 0.25) is 0 Å². The Bertz CT molecular complexity index is 609. The minimum Gasteiger partial charge on any atom is -0.490 e. The number of carbonyl (C=O) groups is 1. The molecule has 5 nitrogen and oxygen atoms in total. The number of ketones is 1. The van der Waals surface area contributed by atoms with Crippen molar-refractivity contribution in [3.63, 3.8) is 0 Å². The van der Waals surface area contributed by atoms with E-state index in [0.29, 0.717) is 30.3 Å². The SMILES string of the molecule is CCCOc1cc(C(=O)C(C)C)c(C2=NCCN2)cc1OCCC. The van der Waals surface area contributed by atoms with E-state index in [0.717, 1.165) is 37.3 Å². The number of benzene rings is 1. The van der Waals surface area contributed by atoms with Gasteiger partial charge in [0.25, 0.3) is 0 Å². The van der Waals surface area contributed by atoms with Crippen LogP contribution >= 0.6 is 0 Å². The number of nitrogens with one attached hydrogen (secondary N) is 1. The minimum absolute atomic E-state index is 0.0878.